The highest BCUT2D eigenvalue weighted by Crippen LogP contribution is 2.34. The third-order valence-electron chi connectivity index (χ3n) is 5.44. The molecule has 2 amide bonds. The molecule has 3 aromatic rings. The molecule has 0 aliphatic carbocycles. The van der Waals surface area contributed by atoms with E-state index in [2.05, 4.69) is 20.3 Å². The van der Waals surface area contributed by atoms with Crippen LogP contribution in [0.3, 0.4) is 0 Å². The summed E-state index contributed by atoms with van der Waals surface area (Å²) in [6.07, 6.45) is 2.00. The van der Waals surface area contributed by atoms with Crippen LogP contribution in [0.2, 0.25) is 0 Å². The molecule has 3 aromatic heterocycles. The van der Waals surface area contributed by atoms with Gasteiger partial charge in [0, 0.05) is 30.7 Å². The van der Waals surface area contributed by atoms with Gasteiger partial charge in [0.2, 0.25) is 0 Å². The quantitative estimate of drug-likeness (QED) is 0.526. The molecule has 1 unspecified atom stereocenters. The average Bonchev–Trinajstić information content (AvgIpc) is 3.27. The number of alkyl halides is 3. The Hall–Kier alpha value is -3.57. The largest absolute Gasteiger partial charge is 0.494 e. The summed E-state index contributed by atoms with van der Waals surface area (Å²) >= 11 is 0. The second-order valence-electron chi connectivity index (χ2n) is 8.97. The van der Waals surface area contributed by atoms with Crippen molar-refractivity contribution in [2.75, 3.05) is 20.8 Å². The van der Waals surface area contributed by atoms with Crippen molar-refractivity contribution >= 4 is 11.7 Å². The van der Waals surface area contributed by atoms with E-state index in [1.807, 2.05) is 0 Å². The number of methoxy groups -OCH3 is 2. The number of halogens is 3. The first-order valence-electron chi connectivity index (χ1n) is 10.9. The first kappa shape index (κ1) is 26.0. The van der Waals surface area contributed by atoms with Crippen molar-refractivity contribution in [3.63, 3.8) is 0 Å². The van der Waals surface area contributed by atoms with E-state index in [-0.39, 0.29) is 13.1 Å². The summed E-state index contributed by atoms with van der Waals surface area (Å²) in [5, 5.41) is 2.14. The van der Waals surface area contributed by atoms with Gasteiger partial charge in [0.25, 0.3) is 5.88 Å². The van der Waals surface area contributed by atoms with Crippen LogP contribution in [-0.4, -0.2) is 63.3 Å². The van der Waals surface area contributed by atoms with Crippen LogP contribution in [0, 0.1) is 5.41 Å². The molecule has 0 saturated carbocycles. The van der Waals surface area contributed by atoms with E-state index in [9.17, 15) is 18.0 Å². The number of hydrogen-bond donors (Lipinski definition) is 1. The zero-order chi connectivity index (χ0) is 26.0. The summed E-state index contributed by atoms with van der Waals surface area (Å²) in [6, 6.07) is -1.15. The summed E-state index contributed by atoms with van der Waals surface area (Å²) in [7, 11) is 2.97. The molecule has 0 bridgehead atoms. The summed E-state index contributed by atoms with van der Waals surface area (Å²) in [5.41, 5.74) is 0.853. The SMILES string of the molecule is CCN(Cc1cc(-c2cn3ccnc3c(OC)n2)c(OC)cn1)C(=O)NC(C(C)(C)C)C(F)(F)F. The molecule has 9 nitrogen and oxygen atoms in total. The highest BCUT2D eigenvalue weighted by molar-refractivity contribution is 5.75. The third kappa shape index (κ3) is 5.75. The monoisotopic (exact) mass is 494 g/mol. The Kier molecular flexibility index (Phi) is 7.41. The number of nitrogens with one attached hydrogen (secondary N) is 1. The summed E-state index contributed by atoms with van der Waals surface area (Å²) < 4.78 is 53.2. The van der Waals surface area contributed by atoms with Gasteiger partial charge in [-0.3, -0.25) is 4.98 Å². The smallest absolute Gasteiger partial charge is 0.409 e. The van der Waals surface area contributed by atoms with Gasteiger partial charge in [-0.1, -0.05) is 20.8 Å². The number of hydrogen-bond acceptors (Lipinski definition) is 6. The molecule has 0 aliphatic rings. The van der Waals surface area contributed by atoms with Crippen LogP contribution < -0.4 is 14.8 Å². The van der Waals surface area contributed by atoms with E-state index in [0.717, 1.165) is 0 Å². The number of urea groups is 1. The van der Waals surface area contributed by atoms with Crippen molar-refractivity contribution in [3.8, 4) is 22.9 Å². The molecule has 190 valence electrons. The second-order valence-corrected chi connectivity index (χ2v) is 8.97. The standard InChI is InChI=1S/C23H29F3N6O3/c1-7-31(21(33)30-20(22(2,3)4)23(24,25)26)12-14-10-15(17(34-5)11-28-14)16-13-32-9-8-27-18(32)19(29-16)35-6/h8-11,13,20H,7,12H2,1-6H3,(H,30,33). The molecule has 1 N–H and O–H groups in total. The van der Waals surface area contributed by atoms with Crippen LogP contribution in [0.1, 0.15) is 33.4 Å². The van der Waals surface area contributed by atoms with E-state index in [1.54, 1.807) is 36.0 Å². The minimum absolute atomic E-state index is 0.0154. The predicted molar refractivity (Wildman–Crippen MR) is 123 cm³/mol. The molecular weight excluding hydrogens is 465 g/mol. The highest BCUT2D eigenvalue weighted by atomic mass is 19.4. The molecule has 3 heterocycles. The maximum atomic E-state index is 13.6. The molecule has 0 aliphatic heterocycles. The highest BCUT2D eigenvalue weighted by Gasteiger charge is 2.48. The van der Waals surface area contributed by atoms with Gasteiger partial charge >= 0.3 is 12.2 Å². The van der Waals surface area contributed by atoms with Gasteiger partial charge in [0.15, 0.2) is 5.65 Å². The van der Waals surface area contributed by atoms with Crippen LogP contribution in [0.15, 0.2) is 30.9 Å². The maximum Gasteiger partial charge on any atom is 0.409 e. The lowest BCUT2D eigenvalue weighted by molar-refractivity contribution is -0.174. The number of nitrogens with zero attached hydrogens (tertiary/aromatic N) is 5. The topological polar surface area (TPSA) is 93.9 Å². The third-order valence-corrected chi connectivity index (χ3v) is 5.44. The predicted octanol–water partition coefficient (Wildman–Crippen LogP) is 4.32. The Balaban J connectivity index is 1.92. The molecule has 1 atom stereocenters. The van der Waals surface area contributed by atoms with Gasteiger partial charge < -0.3 is 24.1 Å². The van der Waals surface area contributed by atoms with Gasteiger partial charge in [0.05, 0.1) is 38.3 Å². The van der Waals surface area contributed by atoms with Crippen molar-refractivity contribution in [1.82, 2.24) is 29.6 Å². The second kappa shape index (κ2) is 9.96. The number of rotatable bonds is 7. The number of ether oxygens (including phenoxy) is 2. The van der Waals surface area contributed by atoms with Crippen LogP contribution in [0.25, 0.3) is 16.9 Å². The normalized spacial score (nSPS) is 12.9. The van der Waals surface area contributed by atoms with E-state index >= 15 is 0 Å². The average molecular weight is 495 g/mol. The summed E-state index contributed by atoms with van der Waals surface area (Å²) in [4.78, 5) is 27.1. The van der Waals surface area contributed by atoms with Crippen LogP contribution in [-0.2, 0) is 6.54 Å². The molecule has 0 spiro atoms. The molecule has 0 aromatic carbocycles. The number of aromatic nitrogens is 4. The lowest BCUT2D eigenvalue weighted by Crippen LogP contribution is -2.56. The molecule has 0 radical (unpaired) electrons. The Bertz CT molecular complexity index is 1180. The lowest BCUT2D eigenvalue weighted by atomic mass is 9.86. The minimum Gasteiger partial charge on any atom is -0.494 e. The summed E-state index contributed by atoms with van der Waals surface area (Å²) in [6.45, 7) is 6.13. The van der Waals surface area contributed by atoms with Crippen molar-refractivity contribution in [2.45, 2.75) is 46.5 Å². The first-order valence-corrected chi connectivity index (χ1v) is 10.9. The minimum atomic E-state index is -4.59. The lowest BCUT2D eigenvalue weighted by Gasteiger charge is -2.34. The van der Waals surface area contributed by atoms with Crippen molar-refractivity contribution in [3.05, 3.63) is 36.5 Å². The van der Waals surface area contributed by atoms with Gasteiger partial charge in [-0.05, 0) is 18.4 Å². The number of amides is 2. The molecule has 3 rings (SSSR count). The van der Waals surface area contributed by atoms with Gasteiger partial charge in [-0.15, -0.1) is 0 Å². The number of pyridine rings is 1. The van der Waals surface area contributed by atoms with Crippen molar-refractivity contribution in [1.29, 1.82) is 0 Å². The van der Waals surface area contributed by atoms with Crippen molar-refractivity contribution in [2.24, 2.45) is 5.41 Å². The van der Waals surface area contributed by atoms with E-state index in [0.29, 0.717) is 34.2 Å². The zero-order valence-corrected chi connectivity index (χ0v) is 20.5. The van der Waals surface area contributed by atoms with Crippen molar-refractivity contribution < 1.29 is 27.4 Å². The Morgan fingerprint density at radius 1 is 1.20 bits per heavy atom. The Labute approximate surface area is 201 Å². The van der Waals surface area contributed by atoms with Gasteiger partial charge in [0.1, 0.15) is 11.8 Å². The summed E-state index contributed by atoms with van der Waals surface area (Å²) in [5.74, 6) is 0.739. The van der Waals surface area contributed by atoms with E-state index in [4.69, 9.17) is 9.47 Å². The van der Waals surface area contributed by atoms with Crippen LogP contribution >= 0.6 is 0 Å². The first-order chi connectivity index (χ1) is 16.4. The molecule has 0 saturated heterocycles. The Morgan fingerprint density at radius 2 is 1.91 bits per heavy atom. The van der Waals surface area contributed by atoms with E-state index in [1.165, 1.54) is 46.1 Å². The number of imidazole rings is 1. The fourth-order valence-electron chi connectivity index (χ4n) is 3.63. The fourth-order valence-corrected chi connectivity index (χ4v) is 3.63. The zero-order valence-electron chi connectivity index (χ0n) is 20.5. The van der Waals surface area contributed by atoms with Gasteiger partial charge in [-0.25, -0.2) is 14.8 Å². The van der Waals surface area contributed by atoms with Gasteiger partial charge in [-0.2, -0.15) is 13.2 Å². The Morgan fingerprint density at radius 3 is 2.49 bits per heavy atom. The van der Waals surface area contributed by atoms with Crippen LogP contribution in [0.5, 0.6) is 11.6 Å². The van der Waals surface area contributed by atoms with Crippen LogP contribution in [0.4, 0.5) is 18.0 Å². The molecule has 0 fully saturated rings. The molecule has 35 heavy (non-hydrogen) atoms. The van der Waals surface area contributed by atoms with E-state index < -0.39 is 23.7 Å². The molecular formula is C23H29F3N6O3. The number of carbonyl (C=O) groups excluding carboxylic acids is 1. The fraction of sp³-hybridized carbons (Fsp3) is 0.478. The number of fused-ring (bicyclic) bond motifs is 1. The number of carbonyl (C=O) groups is 1. The molecule has 12 heteroatoms. The maximum absolute atomic E-state index is 13.6.